The third-order valence-electron chi connectivity index (χ3n) is 3.71. The van der Waals surface area contributed by atoms with Crippen LogP contribution in [-0.4, -0.2) is 43.0 Å². The molecule has 2 N–H and O–H groups in total. The van der Waals surface area contributed by atoms with Gasteiger partial charge in [0, 0.05) is 4.90 Å². The summed E-state index contributed by atoms with van der Waals surface area (Å²) in [5.74, 6) is -1.70. The molecule has 146 valence electrons. The summed E-state index contributed by atoms with van der Waals surface area (Å²) in [4.78, 5) is 36.3. The molecular formula is C18H21FN2O5S. The van der Waals surface area contributed by atoms with E-state index in [9.17, 15) is 18.8 Å². The van der Waals surface area contributed by atoms with Crippen molar-refractivity contribution < 1.29 is 28.2 Å². The fraction of sp³-hybridized carbons (Fsp3) is 0.389. The lowest BCUT2D eigenvalue weighted by Gasteiger charge is -2.28. The van der Waals surface area contributed by atoms with E-state index in [4.69, 9.17) is 9.47 Å². The second-order valence-corrected chi connectivity index (χ2v) is 6.57. The molecule has 1 atom stereocenters. The van der Waals surface area contributed by atoms with E-state index in [-0.39, 0.29) is 30.2 Å². The van der Waals surface area contributed by atoms with Gasteiger partial charge in [-0.1, -0.05) is 19.1 Å². The molecule has 7 nitrogen and oxygen atoms in total. The zero-order valence-electron chi connectivity index (χ0n) is 15.0. The zero-order valence-corrected chi connectivity index (χ0v) is 15.9. The highest BCUT2D eigenvalue weighted by Gasteiger charge is 2.31. The highest BCUT2D eigenvalue weighted by atomic mass is 32.2. The molecule has 2 rings (SSSR count). The number of esters is 2. The Morgan fingerprint density at radius 3 is 2.63 bits per heavy atom. The van der Waals surface area contributed by atoms with Crippen LogP contribution in [0.1, 0.15) is 20.3 Å². The van der Waals surface area contributed by atoms with Crippen LogP contribution in [0.2, 0.25) is 0 Å². The van der Waals surface area contributed by atoms with Crippen LogP contribution in [0, 0.1) is 5.82 Å². The van der Waals surface area contributed by atoms with Crippen LogP contribution in [0.4, 0.5) is 9.18 Å². The average Bonchev–Trinajstić information content (AvgIpc) is 2.65. The largest absolute Gasteiger partial charge is 0.463 e. The van der Waals surface area contributed by atoms with Gasteiger partial charge in [0.25, 0.3) is 0 Å². The van der Waals surface area contributed by atoms with Gasteiger partial charge in [-0.3, -0.25) is 4.79 Å². The number of carbonyl (C=O) groups excluding carboxylic acids is 3. The molecular weight excluding hydrogens is 375 g/mol. The van der Waals surface area contributed by atoms with E-state index in [0.717, 1.165) is 11.8 Å². The molecule has 0 aliphatic carbocycles. The molecule has 0 saturated carbocycles. The van der Waals surface area contributed by atoms with Crippen molar-refractivity contribution in [2.45, 2.75) is 31.2 Å². The summed E-state index contributed by atoms with van der Waals surface area (Å²) in [6, 6.07) is 5.08. The van der Waals surface area contributed by atoms with E-state index in [1.807, 2.05) is 6.92 Å². The fourth-order valence-corrected chi connectivity index (χ4v) is 3.21. The second kappa shape index (κ2) is 9.96. The van der Waals surface area contributed by atoms with E-state index < -0.39 is 29.8 Å². The van der Waals surface area contributed by atoms with Crippen LogP contribution in [0.15, 0.2) is 40.4 Å². The molecule has 0 fully saturated rings. The van der Waals surface area contributed by atoms with Gasteiger partial charge in [-0.15, -0.1) is 11.8 Å². The first kappa shape index (κ1) is 20.8. The maximum atomic E-state index is 13.6. The Kier molecular flexibility index (Phi) is 7.66. The summed E-state index contributed by atoms with van der Waals surface area (Å²) in [5, 5.41) is 5.12. The van der Waals surface area contributed by atoms with Crippen molar-refractivity contribution in [1.29, 1.82) is 0 Å². The molecule has 0 radical (unpaired) electrons. The molecule has 9 heteroatoms. The van der Waals surface area contributed by atoms with E-state index in [0.29, 0.717) is 11.3 Å². The molecule has 0 spiro atoms. The van der Waals surface area contributed by atoms with Gasteiger partial charge >= 0.3 is 18.0 Å². The molecule has 1 aliphatic rings. The minimum Gasteiger partial charge on any atom is -0.463 e. The van der Waals surface area contributed by atoms with Crippen LogP contribution < -0.4 is 10.6 Å². The predicted octanol–water partition coefficient (Wildman–Crippen LogP) is 2.37. The zero-order chi connectivity index (χ0) is 19.8. The summed E-state index contributed by atoms with van der Waals surface area (Å²) < 4.78 is 23.8. The van der Waals surface area contributed by atoms with Gasteiger partial charge in [-0.2, -0.15) is 0 Å². The number of amides is 2. The number of urea groups is 1. The van der Waals surface area contributed by atoms with Gasteiger partial charge in [0.05, 0.1) is 29.7 Å². The number of hydrogen-bond donors (Lipinski definition) is 2. The molecule has 1 aliphatic heterocycles. The standard InChI is InChI=1S/C18H21FN2O5S/c1-3-12-16(17(23)25-4-2)13(21-18(24)20-12)9-26-15(22)10-27-14-8-6-5-7-11(14)19/h5-8,12H,3-4,9-10H2,1-2H3,(H2,20,21,24)/t12-/m1/s1. The van der Waals surface area contributed by atoms with Crippen LogP contribution >= 0.6 is 11.8 Å². The summed E-state index contributed by atoms with van der Waals surface area (Å²) in [6.07, 6.45) is 0.474. The van der Waals surface area contributed by atoms with E-state index in [2.05, 4.69) is 10.6 Å². The monoisotopic (exact) mass is 396 g/mol. The summed E-state index contributed by atoms with van der Waals surface area (Å²) in [6.45, 7) is 3.38. The molecule has 0 saturated heterocycles. The normalized spacial score (nSPS) is 16.4. The van der Waals surface area contributed by atoms with Gasteiger partial charge in [0.1, 0.15) is 12.4 Å². The molecule has 0 unspecified atom stereocenters. The van der Waals surface area contributed by atoms with Gasteiger partial charge in [-0.05, 0) is 25.5 Å². The van der Waals surface area contributed by atoms with Crippen LogP contribution in [0.3, 0.4) is 0 Å². The Hall–Kier alpha value is -2.55. The van der Waals surface area contributed by atoms with Crippen LogP contribution in [0.25, 0.3) is 0 Å². The number of hydrogen-bond acceptors (Lipinski definition) is 6. The smallest absolute Gasteiger partial charge is 0.338 e. The number of halogens is 1. The lowest BCUT2D eigenvalue weighted by atomic mass is 10.0. The van der Waals surface area contributed by atoms with Gasteiger partial charge in [-0.25, -0.2) is 14.0 Å². The summed E-state index contributed by atoms with van der Waals surface area (Å²) >= 11 is 1.01. The van der Waals surface area contributed by atoms with E-state index in [1.165, 1.54) is 6.07 Å². The number of benzene rings is 1. The fourth-order valence-electron chi connectivity index (χ4n) is 2.47. The molecule has 27 heavy (non-hydrogen) atoms. The molecule has 1 aromatic rings. The topological polar surface area (TPSA) is 93.7 Å². The number of carbonyl (C=O) groups is 3. The van der Waals surface area contributed by atoms with Crippen molar-refractivity contribution in [2.75, 3.05) is 19.0 Å². The quantitative estimate of drug-likeness (QED) is 0.518. The Morgan fingerprint density at radius 1 is 1.22 bits per heavy atom. The first-order chi connectivity index (χ1) is 13.0. The number of nitrogens with one attached hydrogen (secondary N) is 2. The lowest BCUT2D eigenvalue weighted by Crippen LogP contribution is -2.51. The number of rotatable bonds is 8. The third-order valence-corrected chi connectivity index (χ3v) is 4.73. The molecule has 0 bridgehead atoms. The summed E-state index contributed by atoms with van der Waals surface area (Å²) in [5.41, 5.74) is 0.418. The van der Waals surface area contributed by atoms with Crippen LogP contribution in [0.5, 0.6) is 0 Å². The van der Waals surface area contributed by atoms with Crippen molar-refractivity contribution >= 4 is 29.7 Å². The highest BCUT2D eigenvalue weighted by Crippen LogP contribution is 2.22. The van der Waals surface area contributed by atoms with Crippen molar-refractivity contribution in [3.8, 4) is 0 Å². The molecule has 0 aromatic heterocycles. The predicted molar refractivity (Wildman–Crippen MR) is 97.5 cm³/mol. The third kappa shape index (κ3) is 5.72. The van der Waals surface area contributed by atoms with Gasteiger partial charge in [0.2, 0.25) is 0 Å². The Bertz CT molecular complexity index is 753. The van der Waals surface area contributed by atoms with Crippen molar-refractivity contribution in [1.82, 2.24) is 10.6 Å². The minimum atomic E-state index is -0.597. The molecule has 1 aromatic carbocycles. The maximum absolute atomic E-state index is 13.6. The maximum Gasteiger partial charge on any atom is 0.338 e. The minimum absolute atomic E-state index is 0.105. The SMILES string of the molecule is CCOC(=O)C1=C(COC(=O)CSc2ccccc2F)NC(=O)N[C@@H]1CC. The van der Waals surface area contributed by atoms with Crippen molar-refractivity contribution in [2.24, 2.45) is 0 Å². The van der Waals surface area contributed by atoms with E-state index in [1.54, 1.807) is 25.1 Å². The van der Waals surface area contributed by atoms with Crippen molar-refractivity contribution in [3.05, 3.63) is 41.4 Å². The first-order valence-corrected chi connectivity index (χ1v) is 9.45. The lowest BCUT2D eigenvalue weighted by molar-refractivity contribution is -0.141. The van der Waals surface area contributed by atoms with E-state index >= 15 is 0 Å². The molecule has 2 amide bonds. The first-order valence-electron chi connectivity index (χ1n) is 8.46. The summed E-state index contributed by atoms with van der Waals surface area (Å²) in [7, 11) is 0. The number of ether oxygens (including phenoxy) is 2. The van der Waals surface area contributed by atoms with Gasteiger partial charge < -0.3 is 20.1 Å². The number of thioether (sulfide) groups is 1. The van der Waals surface area contributed by atoms with Gasteiger partial charge in [0.15, 0.2) is 0 Å². The Balaban J connectivity index is 2.03. The van der Waals surface area contributed by atoms with Crippen molar-refractivity contribution in [3.63, 3.8) is 0 Å². The van der Waals surface area contributed by atoms with Crippen LogP contribution in [-0.2, 0) is 19.1 Å². The molecule has 1 heterocycles. The second-order valence-electron chi connectivity index (χ2n) is 5.55. The Labute approximate surface area is 160 Å². The average molecular weight is 396 g/mol. The Morgan fingerprint density at radius 2 is 1.96 bits per heavy atom. The highest BCUT2D eigenvalue weighted by molar-refractivity contribution is 8.00.